The Morgan fingerprint density at radius 2 is 0.333 bits per heavy atom. The van der Waals surface area contributed by atoms with Gasteiger partial charge in [0.2, 0.25) is 0 Å². The van der Waals surface area contributed by atoms with Crippen molar-refractivity contribution in [3.63, 3.8) is 0 Å². The second kappa shape index (κ2) is 174. The molecule has 0 saturated heterocycles. The molecular formula is O6Sn2Zr. The van der Waals surface area contributed by atoms with Crippen LogP contribution in [0.25, 0.3) is 0 Å². The summed E-state index contributed by atoms with van der Waals surface area (Å²) in [4.78, 5) is 0. The molecule has 0 radical (unpaired) electrons. The third-order valence-electron chi connectivity index (χ3n) is 0. The zero-order valence-electron chi connectivity index (χ0n) is 3.95. The van der Waals surface area contributed by atoms with Gasteiger partial charge >= 0.3 is 74.0 Å². The van der Waals surface area contributed by atoms with E-state index < -0.39 is 0 Å². The van der Waals surface area contributed by atoms with Crippen LogP contribution in [0.2, 0.25) is 0 Å². The van der Waals surface area contributed by atoms with Crippen LogP contribution in [-0.4, -0.2) is 47.8 Å². The molecule has 0 bridgehead atoms. The van der Waals surface area contributed by atoms with Crippen molar-refractivity contribution in [1.29, 1.82) is 0 Å². The van der Waals surface area contributed by atoms with Gasteiger partial charge in [0.15, 0.2) is 0 Å². The summed E-state index contributed by atoms with van der Waals surface area (Å²) in [6, 6.07) is 0. The van der Waals surface area contributed by atoms with Crippen molar-refractivity contribution < 1.29 is 59.1 Å². The molecule has 0 N–H and O–H groups in total. The Morgan fingerprint density at radius 1 is 0.333 bits per heavy atom. The summed E-state index contributed by atoms with van der Waals surface area (Å²) in [6.07, 6.45) is 0. The van der Waals surface area contributed by atoms with E-state index >= 15 is 0 Å². The Kier molecular flexibility index (Phi) is 4540. The number of rotatable bonds is 0. The molecule has 0 rings (SSSR count). The third kappa shape index (κ3) is 139. The van der Waals surface area contributed by atoms with Gasteiger partial charge in [-0.2, -0.15) is 0 Å². The SMILES string of the molecule is [O-2].[O-2].[O-2].[O-2].[O-2].[O-2].[Sn+4].[Sn+4].[Zr+4]. The van der Waals surface area contributed by atoms with Gasteiger partial charge in [-0.1, -0.05) is 0 Å². The van der Waals surface area contributed by atoms with Gasteiger partial charge in [-0.15, -0.1) is 0 Å². The molecule has 0 aromatic carbocycles. The largest absolute Gasteiger partial charge is 4.00 e. The molecule has 6 nitrogen and oxygen atoms in total. The molecule has 0 fully saturated rings. The van der Waals surface area contributed by atoms with E-state index in [0.29, 0.717) is 0 Å². The van der Waals surface area contributed by atoms with Crippen molar-refractivity contribution in [3.05, 3.63) is 0 Å². The van der Waals surface area contributed by atoms with Crippen LogP contribution in [0, 0.1) is 0 Å². The zero-order chi connectivity index (χ0) is 0. The van der Waals surface area contributed by atoms with Gasteiger partial charge in [-0.3, -0.25) is 0 Å². The quantitative estimate of drug-likeness (QED) is 0.413. The summed E-state index contributed by atoms with van der Waals surface area (Å²) < 4.78 is 0. The minimum atomic E-state index is 0. The number of hydrogen-bond acceptors (Lipinski definition) is 0. The minimum absolute atomic E-state index is 0. The molecule has 0 heterocycles. The van der Waals surface area contributed by atoms with Crippen LogP contribution in [0.15, 0.2) is 0 Å². The zero-order valence-corrected chi connectivity index (χ0v) is 12.1. The summed E-state index contributed by atoms with van der Waals surface area (Å²) in [6.45, 7) is 0. The third-order valence-corrected chi connectivity index (χ3v) is 0. The first-order valence-electron chi connectivity index (χ1n) is 0. The average molecular weight is 425 g/mol. The predicted octanol–water partition coefficient (Wildman–Crippen LogP) is -1.48. The van der Waals surface area contributed by atoms with Gasteiger partial charge in [0, 0.05) is 0 Å². The van der Waals surface area contributed by atoms with Crippen molar-refractivity contribution in [2.45, 2.75) is 0 Å². The fourth-order valence-electron chi connectivity index (χ4n) is 0. The van der Waals surface area contributed by atoms with Crippen LogP contribution in [0.4, 0.5) is 0 Å². The Morgan fingerprint density at radius 3 is 0.333 bits per heavy atom. The van der Waals surface area contributed by atoms with Crippen molar-refractivity contribution in [1.82, 2.24) is 0 Å². The van der Waals surface area contributed by atoms with Gasteiger partial charge in [-0.25, -0.2) is 0 Å². The topological polar surface area (TPSA) is 171 Å². The molecule has 0 amide bonds. The second-order valence-electron chi connectivity index (χ2n) is 0. The summed E-state index contributed by atoms with van der Waals surface area (Å²) in [5.41, 5.74) is 0. The summed E-state index contributed by atoms with van der Waals surface area (Å²) >= 11 is 0. The Labute approximate surface area is 106 Å². The minimum Gasteiger partial charge on any atom is -2.00 e. The van der Waals surface area contributed by atoms with Crippen molar-refractivity contribution in [2.24, 2.45) is 0 Å². The fraction of sp³-hybridized carbons (Fsp3) is 0. The number of hydrogen-bond donors (Lipinski definition) is 0. The van der Waals surface area contributed by atoms with E-state index in [4.69, 9.17) is 0 Å². The van der Waals surface area contributed by atoms with Gasteiger partial charge in [-0.05, 0) is 0 Å². The Bertz CT molecular complexity index is 11.0. The first kappa shape index (κ1) is 235. The fourth-order valence-corrected chi connectivity index (χ4v) is 0. The molecule has 0 aliphatic rings. The monoisotopic (exact) mass is 426 g/mol. The molecule has 0 atom stereocenters. The van der Waals surface area contributed by atoms with E-state index in [9.17, 15) is 0 Å². The van der Waals surface area contributed by atoms with E-state index in [2.05, 4.69) is 0 Å². The molecular weight excluding hydrogens is 425 g/mol. The smallest absolute Gasteiger partial charge is 2.00 e. The van der Waals surface area contributed by atoms with Crippen LogP contribution in [0.5, 0.6) is 0 Å². The van der Waals surface area contributed by atoms with Crippen LogP contribution < -0.4 is 0 Å². The predicted molar refractivity (Wildman–Crippen MR) is 15.6 cm³/mol. The van der Waals surface area contributed by atoms with E-state index in [-0.39, 0.29) is 107 Å². The average Bonchev–Trinajstić information content (AvgIpc) is 0. The van der Waals surface area contributed by atoms with Gasteiger partial charge in [0.1, 0.15) is 0 Å². The van der Waals surface area contributed by atoms with Crippen LogP contribution in [0.3, 0.4) is 0 Å². The van der Waals surface area contributed by atoms with E-state index in [1.807, 2.05) is 0 Å². The molecule has 0 aliphatic carbocycles. The molecule has 0 unspecified atom stereocenters. The maximum atomic E-state index is 0. The molecule has 0 saturated carbocycles. The molecule has 9 heteroatoms. The maximum Gasteiger partial charge on any atom is 4.00 e. The molecule has 9 heavy (non-hydrogen) atoms. The van der Waals surface area contributed by atoms with Crippen LogP contribution >= 0.6 is 0 Å². The van der Waals surface area contributed by atoms with E-state index in [1.54, 1.807) is 0 Å². The standard InChI is InChI=1S/6O.2Sn.Zr/q6*-2;3*+4. The Hall–Kier alpha value is 2.24. The van der Waals surface area contributed by atoms with Gasteiger partial charge in [0.05, 0.1) is 0 Å². The van der Waals surface area contributed by atoms with Crippen LogP contribution in [0.1, 0.15) is 0 Å². The second-order valence-corrected chi connectivity index (χ2v) is 0. The van der Waals surface area contributed by atoms with E-state index in [0.717, 1.165) is 0 Å². The molecule has 0 spiro atoms. The van der Waals surface area contributed by atoms with Gasteiger partial charge in [0.25, 0.3) is 0 Å². The first-order valence-corrected chi connectivity index (χ1v) is 0. The summed E-state index contributed by atoms with van der Waals surface area (Å²) in [5.74, 6) is 0. The molecule has 48 valence electrons. The van der Waals surface area contributed by atoms with Crippen molar-refractivity contribution in [3.8, 4) is 0 Å². The van der Waals surface area contributed by atoms with Crippen molar-refractivity contribution in [2.75, 3.05) is 0 Å². The summed E-state index contributed by atoms with van der Waals surface area (Å²) in [5, 5.41) is 0. The maximum absolute atomic E-state index is 0. The normalized spacial score (nSPS) is 0. The molecule has 0 aliphatic heterocycles. The van der Waals surface area contributed by atoms with Crippen LogP contribution in [-0.2, 0) is 59.1 Å². The van der Waals surface area contributed by atoms with E-state index in [1.165, 1.54) is 0 Å². The molecule has 0 aromatic rings. The van der Waals surface area contributed by atoms with Gasteiger partial charge < -0.3 is 32.9 Å². The Balaban J connectivity index is 0. The first-order chi connectivity index (χ1) is 0. The van der Waals surface area contributed by atoms with Crippen molar-refractivity contribution >= 4 is 47.8 Å². The molecule has 0 aromatic heterocycles. The summed E-state index contributed by atoms with van der Waals surface area (Å²) in [7, 11) is 0.